The van der Waals surface area contributed by atoms with Crippen LogP contribution in [0, 0.1) is 5.92 Å². The normalized spacial score (nSPS) is 12.6. The van der Waals surface area contributed by atoms with E-state index in [9.17, 15) is 14.4 Å². The Morgan fingerprint density at radius 3 is 2.42 bits per heavy atom. The van der Waals surface area contributed by atoms with Gasteiger partial charge in [0.05, 0.1) is 6.42 Å². The third-order valence-corrected chi connectivity index (χ3v) is 4.03. The lowest BCUT2D eigenvalue weighted by Crippen LogP contribution is -2.46. The number of alkyl halides is 1. The summed E-state index contributed by atoms with van der Waals surface area (Å²) in [7, 11) is 0. The van der Waals surface area contributed by atoms with E-state index in [1.807, 2.05) is 66.8 Å². The van der Waals surface area contributed by atoms with Crippen LogP contribution in [0.5, 0.6) is 0 Å². The number of carbonyl (C=O) groups excluding carboxylic acids is 3. The molecule has 1 N–H and O–H groups in total. The summed E-state index contributed by atoms with van der Waals surface area (Å²) in [6.07, 6.45) is -0.0591. The maximum absolute atomic E-state index is 12.2. The molecule has 0 heterocycles. The zero-order valence-electron chi connectivity index (χ0n) is 14.9. The molecule has 0 saturated heterocycles. The van der Waals surface area contributed by atoms with Crippen molar-refractivity contribution in [3.63, 3.8) is 0 Å². The zero-order valence-corrected chi connectivity index (χ0v) is 17.1. The highest BCUT2D eigenvalue weighted by Crippen LogP contribution is 2.11. The number of amides is 1. The quantitative estimate of drug-likeness (QED) is 0.241. The summed E-state index contributed by atoms with van der Waals surface area (Å²) in [6.45, 7) is 3.74. The Morgan fingerprint density at radius 1 is 1.12 bits per heavy atom. The molecule has 1 aromatic carbocycles. The van der Waals surface area contributed by atoms with Gasteiger partial charge in [0.15, 0.2) is 0 Å². The van der Waals surface area contributed by atoms with E-state index in [-0.39, 0.29) is 30.2 Å². The molecule has 2 atom stereocenters. The highest BCUT2D eigenvalue weighted by Gasteiger charge is 2.28. The summed E-state index contributed by atoms with van der Waals surface area (Å²) < 4.78 is 15.2. The molecule has 26 heavy (non-hydrogen) atoms. The highest BCUT2D eigenvalue weighted by atomic mass is 127. The van der Waals surface area contributed by atoms with Gasteiger partial charge in [0.1, 0.15) is 23.9 Å². The monoisotopic (exact) mass is 477 g/mol. The average Bonchev–Trinajstić information content (AvgIpc) is 2.64. The molecule has 1 amide bonds. The molecular weight excluding hydrogens is 453 g/mol. The summed E-state index contributed by atoms with van der Waals surface area (Å²) in [4.78, 5) is 35.5. The number of benzene rings is 1. The first kappa shape index (κ1) is 22.2. The molecule has 0 unspecified atom stereocenters. The van der Waals surface area contributed by atoms with Gasteiger partial charge in [-0.25, -0.2) is 9.59 Å². The topological polar surface area (TPSA) is 90.9 Å². The van der Waals surface area contributed by atoms with Crippen LogP contribution in [0.2, 0.25) is 0 Å². The van der Waals surface area contributed by atoms with E-state index in [1.165, 1.54) is 0 Å². The molecule has 144 valence electrons. The molecule has 0 aliphatic heterocycles. The van der Waals surface area contributed by atoms with Gasteiger partial charge >= 0.3 is 18.0 Å². The van der Waals surface area contributed by atoms with Crippen molar-refractivity contribution < 1.29 is 28.6 Å². The molecule has 0 bridgehead atoms. The summed E-state index contributed by atoms with van der Waals surface area (Å²) in [6, 6.07) is 8.39. The molecule has 1 rings (SSSR count). The maximum Gasteiger partial charge on any atom is 0.408 e. The van der Waals surface area contributed by atoms with Crippen LogP contribution in [-0.2, 0) is 30.4 Å². The van der Waals surface area contributed by atoms with Crippen molar-refractivity contribution in [1.29, 1.82) is 0 Å². The Morgan fingerprint density at radius 2 is 1.81 bits per heavy atom. The number of halogens is 1. The number of esters is 2. The lowest BCUT2D eigenvalue weighted by Gasteiger charge is -2.22. The molecule has 7 nitrogen and oxygen atoms in total. The van der Waals surface area contributed by atoms with Crippen LogP contribution in [0.4, 0.5) is 4.79 Å². The van der Waals surface area contributed by atoms with Gasteiger partial charge in [-0.05, 0) is 34.1 Å². The van der Waals surface area contributed by atoms with Crippen LogP contribution in [0.3, 0.4) is 0 Å². The smallest absolute Gasteiger partial charge is 0.408 e. The number of alkyl carbamates (subject to hydrolysis) is 1. The van der Waals surface area contributed by atoms with E-state index in [0.717, 1.165) is 5.56 Å². The van der Waals surface area contributed by atoms with E-state index in [1.54, 1.807) is 0 Å². The van der Waals surface area contributed by atoms with E-state index in [4.69, 9.17) is 14.2 Å². The fourth-order valence-corrected chi connectivity index (χ4v) is 2.37. The standard InChI is InChI=1S/C18H24INO6/c1-3-13(2)16(17(22)24-10-9-15(21)26-12-19)20-18(23)25-11-14-7-5-4-6-8-14/h4-8,13,16H,3,9-12H2,1-2H3,(H,20,23)/t13-,16-/m0/s1. The Balaban J connectivity index is 2.50. The minimum atomic E-state index is -0.844. The van der Waals surface area contributed by atoms with Gasteiger partial charge in [0, 0.05) is 0 Å². The van der Waals surface area contributed by atoms with E-state index in [2.05, 4.69) is 5.32 Å². The fraction of sp³-hybridized carbons (Fsp3) is 0.500. The first-order chi connectivity index (χ1) is 12.5. The number of hydrogen-bond acceptors (Lipinski definition) is 6. The molecule has 8 heteroatoms. The Bertz CT molecular complexity index is 580. The lowest BCUT2D eigenvalue weighted by molar-refractivity contribution is -0.150. The van der Waals surface area contributed by atoms with Gasteiger partial charge in [-0.1, -0.05) is 50.6 Å². The molecule has 0 aliphatic carbocycles. The predicted octanol–water partition coefficient (Wildman–Crippen LogP) is 3.20. The molecule has 1 aromatic rings. The van der Waals surface area contributed by atoms with E-state index < -0.39 is 24.1 Å². The van der Waals surface area contributed by atoms with Crippen LogP contribution in [-0.4, -0.2) is 35.3 Å². The molecule has 0 fully saturated rings. The molecule has 0 aromatic heterocycles. The first-order valence-corrected chi connectivity index (χ1v) is 9.85. The Labute approximate surface area is 166 Å². The lowest BCUT2D eigenvalue weighted by atomic mass is 9.99. The summed E-state index contributed by atoms with van der Waals surface area (Å²) in [5.74, 6) is -1.19. The predicted molar refractivity (Wildman–Crippen MR) is 104 cm³/mol. The van der Waals surface area contributed by atoms with Crippen LogP contribution >= 0.6 is 22.6 Å². The summed E-state index contributed by atoms with van der Waals surface area (Å²) in [5, 5.41) is 2.55. The molecular formula is C18H24INO6. The Hall–Kier alpha value is -1.84. The van der Waals surface area contributed by atoms with Gasteiger partial charge in [-0.2, -0.15) is 0 Å². The van der Waals surface area contributed by atoms with E-state index >= 15 is 0 Å². The molecule has 0 saturated carbocycles. The van der Waals surface area contributed by atoms with Crippen LogP contribution < -0.4 is 5.32 Å². The number of rotatable bonds is 10. The summed E-state index contributed by atoms with van der Waals surface area (Å²) >= 11 is 1.90. The summed E-state index contributed by atoms with van der Waals surface area (Å²) in [5.41, 5.74) is 0.846. The maximum atomic E-state index is 12.2. The molecule has 0 spiro atoms. The van der Waals surface area contributed by atoms with E-state index in [0.29, 0.717) is 6.42 Å². The van der Waals surface area contributed by atoms with Gasteiger partial charge in [-0.15, -0.1) is 0 Å². The van der Waals surface area contributed by atoms with Gasteiger partial charge in [0.2, 0.25) is 0 Å². The SMILES string of the molecule is CC[C@H](C)[C@H](NC(=O)OCc1ccccc1)C(=O)OCCC(=O)OCI. The van der Waals surface area contributed by atoms with Crippen molar-refractivity contribution in [3.8, 4) is 0 Å². The third kappa shape index (κ3) is 8.50. The minimum Gasteiger partial charge on any atom is -0.464 e. The third-order valence-electron chi connectivity index (χ3n) is 3.72. The number of carbonyl (C=O) groups is 3. The number of ether oxygens (including phenoxy) is 3. The minimum absolute atomic E-state index is 0.0274. The molecule has 0 radical (unpaired) electrons. The van der Waals surface area contributed by atoms with Gasteiger partial charge < -0.3 is 19.5 Å². The van der Waals surface area contributed by atoms with Crippen LogP contribution in [0.25, 0.3) is 0 Å². The van der Waals surface area contributed by atoms with Crippen molar-refractivity contribution >= 4 is 40.6 Å². The second-order valence-electron chi connectivity index (χ2n) is 5.61. The second kappa shape index (κ2) is 12.5. The van der Waals surface area contributed by atoms with Crippen molar-refractivity contribution in [2.45, 2.75) is 39.3 Å². The second-order valence-corrected chi connectivity index (χ2v) is 6.24. The molecule has 0 aliphatic rings. The van der Waals surface area contributed by atoms with Crippen molar-refractivity contribution in [2.24, 2.45) is 5.92 Å². The van der Waals surface area contributed by atoms with Crippen LogP contribution in [0.1, 0.15) is 32.3 Å². The fourth-order valence-electron chi connectivity index (χ4n) is 2.02. The van der Waals surface area contributed by atoms with Crippen molar-refractivity contribution in [1.82, 2.24) is 5.32 Å². The first-order valence-electron chi connectivity index (χ1n) is 8.33. The van der Waals surface area contributed by atoms with Crippen molar-refractivity contribution in [2.75, 3.05) is 11.2 Å². The average molecular weight is 477 g/mol. The van der Waals surface area contributed by atoms with Crippen LogP contribution in [0.15, 0.2) is 30.3 Å². The number of hydrogen-bond donors (Lipinski definition) is 1. The largest absolute Gasteiger partial charge is 0.464 e. The highest BCUT2D eigenvalue weighted by molar-refractivity contribution is 14.1. The van der Waals surface area contributed by atoms with Crippen molar-refractivity contribution in [3.05, 3.63) is 35.9 Å². The van der Waals surface area contributed by atoms with Gasteiger partial charge in [-0.3, -0.25) is 4.79 Å². The Kier molecular flexibility index (Phi) is 10.7. The van der Waals surface area contributed by atoms with Gasteiger partial charge in [0.25, 0.3) is 0 Å². The number of nitrogens with one attached hydrogen (secondary N) is 1. The zero-order chi connectivity index (χ0) is 19.4.